The van der Waals surface area contributed by atoms with Crippen LogP contribution in [0, 0.1) is 5.41 Å². The van der Waals surface area contributed by atoms with Crippen LogP contribution in [0.4, 0.5) is 0 Å². The first kappa shape index (κ1) is 30.4. The van der Waals surface area contributed by atoms with E-state index in [9.17, 15) is 0 Å². The fourth-order valence-electron chi connectivity index (χ4n) is 5.33. The van der Waals surface area contributed by atoms with E-state index in [-0.39, 0.29) is 14.0 Å². The molecule has 1 radical (unpaired) electrons. The van der Waals surface area contributed by atoms with Gasteiger partial charge in [-0.3, -0.25) is 0 Å². The Bertz CT molecular complexity index is 755. The van der Waals surface area contributed by atoms with E-state index in [0.717, 1.165) is 0 Å². The van der Waals surface area contributed by atoms with E-state index in [2.05, 4.69) is 122 Å². The molecule has 3 heteroatoms. The maximum absolute atomic E-state index is 7.85. The van der Waals surface area contributed by atoms with Gasteiger partial charge in [-0.1, -0.05) is 0 Å². The third-order valence-corrected chi connectivity index (χ3v) is 20.4. The van der Waals surface area contributed by atoms with Crippen molar-refractivity contribution in [1.29, 1.82) is 0 Å². The van der Waals surface area contributed by atoms with Crippen molar-refractivity contribution in [1.82, 2.24) is 0 Å². The summed E-state index contributed by atoms with van der Waals surface area (Å²) in [4.78, 5) is 0. The van der Waals surface area contributed by atoms with Crippen molar-refractivity contribution < 1.29 is 0 Å². The molecule has 0 fully saturated rings. The summed E-state index contributed by atoms with van der Waals surface area (Å²) < 4.78 is 3.83. The molecular formula is C29H51AlClGe. The van der Waals surface area contributed by atoms with Crippen LogP contribution in [0.3, 0.4) is 0 Å². The van der Waals surface area contributed by atoms with E-state index in [1.54, 1.807) is 7.66 Å². The van der Waals surface area contributed by atoms with Gasteiger partial charge in [0, 0.05) is 0 Å². The maximum atomic E-state index is 7.85. The van der Waals surface area contributed by atoms with Crippen LogP contribution in [0.1, 0.15) is 138 Å². The average Bonchev–Trinajstić information content (AvgIpc) is 2.55. The zero-order valence-corrected chi connectivity index (χ0v) is 27.9. The number of allylic oxidation sites excluding steroid dienone is 1. The molecule has 0 spiro atoms. The monoisotopic (exact) mass is 535 g/mol. The Hall–Kier alpha value is 0.325. The molecule has 0 saturated carbocycles. The minimum atomic E-state index is -2.24. The number of hydrogen-bond acceptors (Lipinski definition) is 0. The SMILES string of the molecule is CC(C)c1cc(C(C)C)[c]([Ge]([Cl])/[C](=C/C(C)(C)C)[Al]([C](C)(C)C)[C](C)(C)C)c(C(C)C)c1. The predicted molar refractivity (Wildman–Crippen MR) is 153 cm³/mol. The van der Waals surface area contributed by atoms with Crippen LogP contribution in [-0.4, -0.2) is 27.6 Å². The Balaban J connectivity index is 4.04. The first-order chi connectivity index (χ1) is 14.2. The van der Waals surface area contributed by atoms with Gasteiger partial charge in [-0.2, -0.15) is 0 Å². The standard InChI is InChI=1S/C21H33ClGe.2C4H9.Al/c1-14(2)17-12-18(15(3)4)20(19(13-17)16(5)6)23(22)11-10-21(7,8)9;2*1-4(2)3;/h10,12-16H,1-9H3;2*1-3H3;. The van der Waals surface area contributed by atoms with Gasteiger partial charge < -0.3 is 0 Å². The molecule has 0 saturated heterocycles. The van der Waals surface area contributed by atoms with Gasteiger partial charge in [0.05, 0.1) is 0 Å². The van der Waals surface area contributed by atoms with Gasteiger partial charge >= 0.3 is 216 Å². The normalized spacial score (nSPS) is 14.3. The molecule has 0 aliphatic heterocycles. The van der Waals surface area contributed by atoms with Crippen molar-refractivity contribution in [3.8, 4) is 0 Å². The Morgan fingerprint density at radius 1 is 0.750 bits per heavy atom. The molecule has 1 aromatic rings. The number of halogens is 1. The summed E-state index contributed by atoms with van der Waals surface area (Å²) in [6, 6.07) is 4.98. The fourth-order valence-corrected chi connectivity index (χ4v) is 26.0. The van der Waals surface area contributed by atoms with E-state index in [1.165, 1.54) is 16.7 Å². The van der Waals surface area contributed by atoms with Gasteiger partial charge in [-0.15, -0.1) is 0 Å². The van der Waals surface area contributed by atoms with Crippen molar-refractivity contribution in [2.75, 3.05) is 0 Å². The zero-order chi connectivity index (χ0) is 25.4. The van der Waals surface area contributed by atoms with E-state index in [1.807, 2.05) is 0 Å². The van der Waals surface area contributed by atoms with Crippen LogP contribution in [-0.2, 0) is 0 Å². The minimum absolute atomic E-state index is 0.137. The summed E-state index contributed by atoms with van der Waals surface area (Å²) in [5, 5.41) is 0. The second-order valence-corrected chi connectivity index (χ2v) is 25.7. The van der Waals surface area contributed by atoms with Crippen LogP contribution in [0.25, 0.3) is 0 Å². The molecule has 0 bridgehead atoms. The second-order valence-electron chi connectivity index (χ2n) is 14.0. The Kier molecular flexibility index (Phi) is 10.4. The molecule has 0 aromatic heterocycles. The summed E-state index contributed by atoms with van der Waals surface area (Å²) >= 11 is -3.63. The second kappa shape index (κ2) is 10.9. The molecule has 0 N–H and O–H groups in total. The van der Waals surface area contributed by atoms with Crippen LogP contribution in [0.15, 0.2) is 21.5 Å². The number of benzene rings is 1. The Morgan fingerprint density at radius 2 is 1.12 bits per heavy atom. The van der Waals surface area contributed by atoms with Crippen LogP contribution < -0.4 is 4.40 Å². The summed E-state index contributed by atoms with van der Waals surface area (Å²) in [5.41, 5.74) is 4.63. The summed E-state index contributed by atoms with van der Waals surface area (Å²) in [5.74, 6) is 1.51. The third-order valence-electron chi connectivity index (χ3n) is 6.24. The molecule has 181 valence electrons. The van der Waals surface area contributed by atoms with Crippen LogP contribution >= 0.6 is 10.0 Å². The van der Waals surface area contributed by atoms with Crippen LogP contribution in [0.2, 0.25) is 8.55 Å². The van der Waals surface area contributed by atoms with Gasteiger partial charge in [0.25, 0.3) is 0 Å². The first-order valence-corrected chi connectivity index (χ1v) is 19.2. The van der Waals surface area contributed by atoms with E-state index in [0.29, 0.717) is 17.8 Å². The van der Waals surface area contributed by atoms with Crippen molar-refractivity contribution in [2.45, 2.75) is 130 Å². The topological polar surface area (TPSA) is 0 Å². The zero-order valence-electron chi connectivity index (χ0n) is 23.9. The summed E-state index contributed by atoms with van der Waals surface area (Å²) in [7, 11) is 7.85. The third kappa shape index (κ3) is 7.94. The molecule has 1 aromatic carbocycles. The molecule has 0 amide bonds. The van der Waals surface area contributed by atoms with Gasteiger partial charge in [-0.05, 0) is 0 Å². The van der Waals surface area contributed by atoms with Crippen molar-refractivity contribution in [3.05, 3.63) is 38.2 Å². The van der Waals surface area contributed by atoms with Crippen molar-refractivity contribution in [2.24, 2.45) is 5.41 Å². The molecule has 0 atom stereocenters. The van der Waals surface area contributed by atoms with E-state index in [4.69, 9.17) is 10.0 Å². The predicted octanol–water partition coefficient (Wildman–Crippen LogP) is 9.64. The molecule has 0 nitrogen and oxygen atoms in total. The molecule has 0 heterocycles. The van der Waals surface area contributed by atoms with E-state index >= 15 is 0 Å². The molecule has 0 aliphatic carbocycles. The van der Waals surface area contributed by atoms with Gasteiger partial charge in [0.15, 0.2) is 0 Å². The van der Waals surface area contributed by atoms with Crippen LogP contribution in [0.5, 0.6) is 0 Å². The quantitative estimate of drug-likeness (QED) is 0.319. The van der Waals surface area contributed by atoms with Gasteiger partial charge in [0.1, 0.15) is 0 Å². The molecule has 32 heavy (non-hydrogen) atoms. The molecule has 0 aliphatic rings. The van der Waals surface area contributed by atoms with Crippen molar-refractivity contribution >= 4 is 42.0 Å². The van der Waals surface area contributed by atoms with Gasteiger partial charge in [-0.25, -0.2) is 0 Å². The van der Waals surface area contributed by atoms with Gasteiger partial charge in [0.2, 0.25) is 0 Å². The average molecular weight is 535 g/mol. The molecular weight excluding hydrogens is 483 g/mol. The Labute approximate surface area is 214 Å². The fraction of sp³-hybridized carbons (Fsp3) is 0.724. The molecule has 0 unspecified atom stereocenters. The van der Waals surface area contributed by atoms with E-state index < -0.39 is 27.6 Å². The first-order valence-electron chi connectivity index (χ1n) is 12.6. The number of hydrogen-bond donors (Lipinski definition) is 0. The summed E-state index contributed by atoms with van der Waals surface area (Å²) in [6.07, 6.45) is 2.62. The Morgan fingerprint density at radius 3 is 1.38 bits per heavy atom. The number of rotatable bonds is 6. The molecule has 1 rings (SSSR count). The summed E-state index contributed by atoms with van der Waals surface area (Å²) in [6.45, 7) is 35.8. The van der Waals surface area contributed by atoms with Crippen molar-refractivity contribution in [3.63, 3.8) is 0 Å².